The number of ether oxygens (including phenoxy) is 2. The molecule has 0 saturated heterocycles. The van der Waals surface area contributed by atoms with Crippen molar-refractivity contribution in [2.75, 3.05) is 20.8 Å². The van der Waals surface area contributed by atoms with Crippen LogP contribution in [0.25, 0.3) is 0 Å². The zero-order chi connectivity index (χ0) is 13.0. The van der Waals surface area contributed by atoms with Crippen molar-refractivity contribution in [1.82, 2.24) is 0 Å². The molecule has 0 spiro atoms. The topological polar surface area (TPSA) is 38.7 Å². The van der Waals surface area contributed by atoms with E-state index in [0.717, 1.165) is 28.9 Å². The van der Waals surface area contributed by atoms with Gasteiger partial charge in [-0.2, -0.15) is 0 Å². The second-order valence-corrected chi connectivity index (χ2v) is 4.31. The summed E-state index contributed by atoms with van der Waals surface area (Å²) < 4.78 is 10.7. The Kier molecular flexibility index (Phi) is 5.09. The van der Waals surface area contributed by atoms with Crippen LogP contribution in [-0.2, 0) is 6.42 Å². The Morgan fingerprint density at radius 2 is 1.65 bits per heavy atom. The van der Waals surface area contributed by atoms with Gasteiger partial charge in [0, 0.05) is 17.7 Å². The molecule has 96 valence electrons. The number of benzene rings is 1. The van der Waals surface area contributed by atoms with E-state index in [4.69, 9.17) is 26.2 Å². The van der Waals surface area contributed by atoms with Crippen LogP contribution in [0.1, 0.15) is 23.1 Å². The largest absolute Gasteiger partial charge is 0.496 e. The maximum atomic E-state index is 8.93. The Morgan fingerprint density at radius 3 is 2.12 bits per heavy atom. The molecule has 0 bridgehead atoms. The molecule has 0 unspecified atom stereocenters. The molecular formula is C13H19ClO3. The van der Waals surface area contributed by atoms with Crippen molar-refractivity contribution in [2.45, 2.75) is 26.7 Å². The molecule has 0 fully saturated rings. The zero-order valence-corrected chi connectivity index (χ0v) is 11.5. The summed E-state index contributed by atoms with van der Waals surface area (Å²) in [6.07, 6.45) is 1.45. The van der Waals surface area contributed by atoms with Crippen LogP contribution < -0.4 is 9.47 Å². The molecule has 1 rings (SSSR count). The van der Waals surface area contributed by atoms with Crippen LogP contribution in [0.15, 0.2) is 0 Å². The summed E-state index contributed by atoms with van der Waals surface area (Å²) in [7, 11) is 3.24. The Bertz CT molecular complexity index is 402. The predicted octanol–water partition coefficient (Wildman–Crippen LogP) is 2.90. The first-order valence-electron chi connectivity index (χ1n) is 5.58. The molecule has 17 heavy (non-hydrogen) atoms. The van der Waals surface area contributed by atoms with E-state index in [1.807, 2.05) is 13.8 Å². The van der Waals surface area contributed by atoms with Crippen molar-refractivity contribution in [1.29, 1.82) is 0 Å². The summed E-state index contributed by atoms with van der Waals surface area (Å²) in [4.78, 5) is 0. The molecule has 4 heteroatoms. The lowest BCUT2D eigenvalue weighted by Gasteiger charge is -2.19. The van der Waals surface area contributed by atoms with Crippen LogP contribution >= 0.6 is 11.6 Å². The van der Waals surface area contributed by atoms with Crippen LogP contribution in [0.2, 0.25) is 5.02 Å². The zero-order valence-electron chi connectivity index (χ0n) is 10.8. The molecule has 0 aliphatic rings. The highest BCUT2D eigenvalue weighted by molar-refractivity contribution is 6.33. The summed E-state index contributed by atoms with van der Waals surface area (Å²) in [5.74, 6) is 1.49. The first kappa shape index (κ1) is 14.1. The van der Waals surface area contributed by atoms with Crippen molar-refractivity contribution in [3.05, 3.63) is 21.7 Å². The normalized spacial score (nSPS) is 10.5. The van der Waals surface area contributed by atoms with Crippen molar-refractivity contribution < 1.29 is 14.6 Å². The van der Waals surface area contributed by atoms with Gasteiger partial charge in [0.2, 0.25) is 0 Å². The average Bonchev–Trinajstić information content (AvgIpc) is 2.33. The molecular weight excluding hydrogens is 240 g/mol. The quantitative estimate of drug-likeness (QED) is 0.883. The second-order valence-electron chi connectivity index (χ2n) is 3.94. The van der Waals surface area contributed by atoms with Gasteiger partial charge in [-0.3, -0.25) is 0 Å². The van der Waals surface area contributed by atoms with E-state index in [-0.39, 0.29) is 6.61 Å². The molecule has 1 aromatic rings. The second kappa shape index (κ2) is 6.12. The number of hydrogen-bond donors (Lipinski definition) is 1. The minimum Gasteiger partial charge on any atom is -0.496 e. The fourth-order valence-electron chi connectivity index (χ4n) is 2.04. The first-order chi connectivity index (χ1) is 8.08. The fourth-order valence-corrected chi connectivity index (χ4v) is 2.35. The fraction of sp³-hybridized carbons (Fsp3) is 0.538. The number of aliphatic hydroxyl groups excluding tert-OH is 1. The molecule has 0 radical (unpaired) electrons. The summed E-state index contributed by atoms with van der Waals surface area (Å²) in [5, 5.41) is 9.53. The van der Waals surface area contributed by atoms with E-state index in [0.29, 0.717) is 17.2 Å². The Labute approximate surface area is 107 Å². The number of hydrogen-bond acceptors (Lipinski definition) is 3. The molecule has 0 amide bonds. The molecule has 1 N–H and O–H groups in total. The first-order valence-corrected chi connectivity index (χ1v) is 5.96. The van der Waals surface area contributed by atoms with Gasteiger partial charge < -0.3 is 14.6 Å². The van der Waals surface area contributed by atoms with E-state index >= 15 is 0 Å². The molecule has 0 aromatic heterocycles. The molecule has 0 aliphatic heterocycles. The van der Waals surface area contributed by atoms with Crippen LogP contribution in [0.3, 0.4) is 0 Å². The summed E-state index contributed by atoms with van der Waals surface area (Å²) in [5.41, 5.74) is 2.92. The van der Waals surface area contributed by atoms with Crippen LogP contribution in [0.5, 0.6) is 11.5 Å². The van der Waals surface area contributed by atoms with Crippen molar-refractivity contribution in [3.63, 3.8) is 0 Å². The van der Waals surface area contributed by atoms with E-state index < -0.39 is 0 Å². The number of rotatable bonds is 5. The molecule has 1 aromatic carbocycles. The van der Waals surface area contributed by atoms with Gasteiger partial charge in [-0.25, -0.2) is 0 Å². The summed E-state index contributed by atoms with van der Waals surface area (Å²) >= 11 is 6.23. The van der Waals surface area contributed by atoms with E-state index in [1.165, 1.54) is 0 Å². The minimum absolute atomic E-state index is 0.159. The van der Waals surface area contributed by atoms with Gasteiger partial charge in [-0.1, -0.05) is 11.6 Å². The summed E-state index contributed by atoms with van der Waals surface area (Å²) in [6.45, 7) is 4.03. The van der Waals surface area contributed by atoms with Crippen molar-refractivity contribution >= 4 is 11.6 Å². The van der Waals surface area contributed by atoms with E-state index in [1.54, 1.807) is 14.2 Å². The standard InChI is InChI=1S/C13H19ClO3/c1-8-10(6-5-7-15)12(16-3)9(2)11(14)13(8)17-4/h15H,5-7H2,1-4H3. The van der Waals surface area contributed by atoms with Gasteiger partial charge in [0.1, 0.15) is 11.5 Å². The number of methoxy groups -OCH3 is 2. The molecule has 3 nitrogen and oxygen atoms in total. The predicted molar refractivity (Wildman–Crippen MR) is 69.4 cm³/mol. The third kappa shape index (κ3) is 2.67. The minimum atomic E-state index is 0.159. The summed E-state index contributed by atoms with van der Waals surface area (Å²) in [6, 6.07) is 0. The lowest BCUT2D eigenvalue weighted by molar-refractivity contribution is 0.287. The van der Waals surface area contributed by atoms with Gasteiger partial charge >= 0.3 is 0 Å². The molecule has 0 atom stereocenters. The monoisotopic (exact) mass is 258 g/mol. The third-order valence-electron chi connectivity index (χ3n) is 2.93. The van der Waals surface area contributed by atoms with Crippen LogP contribution in [0.4, 0.5) is 0 Å². The average molecular weight is 259 g/mol. The van der Waals surface area contributed by atoms with Gasteiger partial charge in [-0.05, 0) is 32.3 Å². The lowest BCUT2D eigenvalue weighted by Crippen LogP contribution is -2.03. The van der Waals surface area contributed by atoms with Crippen LogP contribution in [-0.4, -0.2) is 25.9 Å². The Balaban J connectivity index is 3.38. The Hall–Kier alpha value is -0.930. The van der Waals surface area contributed by atoms with E-state index in [2.05, 4.69) is 0 Å². The highest BCUT2D eigenvalue weighted by atomic mass is 35.5. The smallest absolute Gasteiger partial charge is 0.141 e. The number of aliphatic hydroxyl groups is 1. The van der Waals surface area contributed by atoms with Gasteiger partial charge in [0.15, 0.2) is 0 Å². The van der Waals surface area contributed by atoms with Gasteiger partial charge in [0.05, 0.1) is 19.2 Å². The lowest BCUT2D eigenvalue weighted by atomic mass is 9.98. The van der Waals surface area contributed by atoms with Crippen molar-refractivity contribution in [2.24, 2.45) is 0 Å². The van der Waals surface area contributed by atoms with E-state index in [9.17, 15) is 0 Å². The molecule has 0 heterocycles. The number of halogens is 1. The van der Waals surface area contributed by atoms with Gasteiger partial charge in [0.25, 0.3) is 0 Å². The highest BCUT2D eigenvalue weighted by Crippen LogP contribution is 2.41. The molecule has 0 saturated carbocycles. The maximum Gasteiger partial charge on any atom is 0.141 e. The molecule has 0 aliphatic carbocycles. The highest BCUT2D eigenvalue weighted by Gasteiger charge is 2.19. The van der Waals surface area contributed by atoms with Crippen molar-refractivity contribution in [3.8, 4) is 11.5 Å². The Morgan fingerprint density at radius 1 is 1.06 bits per heavy atom. The third-order valence-corrected chi connectivity index (χ3v) is 3.38. The van der Waals surface area contributed by atoms with Gasteiger partial charge in [-0.15, -0.1) is 0 Å². The maximum absolute atomic E-state index is 8.93. The SMILES string of the molecule is COc1c(C)c(CCCO)c(OC)c(C)c1Cl. The van der Waals surface area contributed by atoms with Crippen LogP contribution in [0, 0.1) is 13.8 Å².